The van der Waals surface area contributed by atoms with Gasteiger partial charge in [-0.25, -0.2) is 0 Å². The highest BCUT2D eigenvalue weighted by molar-refractivity contribution is 5.94. The first-order chi connectivity index (χ1) is 6.20. The number of carbonyl (C=O) groups excluding carboxylic acids is 1. The van der Waals surface area contributed by atoms with Crippen LogP contribution in [0.2, 0.25) is 0 Å². The second kappa shape index (κ2) is 2.03. The van der Waals surface area contributed by atoms with Gasteiger partial charge in [0.1, 0.15) is 5.69 Å². The van der Waals surface area contributed by atoms with Crippen molar-refractivity contribution in [2.24, 2.45) is 11.8 Å². The second-order valence-electron chi connectivity index (χ2n) is 4.27. The molecule has 1 aromatic heterocycles. The van der Waals surface area contributed by atoms with E-state index in [9.17, 15) is 4.79 Å². The van der Waals surface area contributed by atoms with Crippen LogP contribution in [0.25, 0.3) is 0 Å². The maximum Gasteiger partial charge on any atom is 0.177 e. The van der Waals surface area contributed by atoms with E-state index < -0.39 is 0 Å². The summed E-state index contributed by atoms with van der Waals surface area (Å²) in [6, 6.07) is 0. The molecule has 3 rings (SSSR count). The molecule has 0 radical (unpaired) electrons. The van der Waals surface area contributed by atoms with E-state index in [1.165, 1.54) is 11.3 Å². The quantitative estimate of drug-likeness (QED) is 0.659. The predicted molar refractivity (Wildman–Crippen MR) is 47.7 cm³/mol. The minimum Gasteiger partial charge on any atom is -0.293 e. The van der Waals surface area contributed by atoms with Crippen molar-refractivity contribution >= 4 is 5.78 Å². The molecular formula is C10H12N2O. The lowest BCUT2D eigenvalue weighted by atomic mass is 10.1. The zero-order valence-electron chi connectivity index (χ0n) is 7.79. The summed E-state index contributed by atoms with van der Waals surface area (Å²) in [5.74, 6) is 2.34. The summed E-state index contributed by atoms with van der Waals surface area (Å²) in [5.41, 5.74) is 3.11. The average Bonchev–Trinajstić information content (AvgIpc) is 2.49. The molecule has 1 N–H and O–H groups in total. The molecule has 68 valence electrons. The van der Waals surface area contributed by atoms with Crippen molar-refractivity contribution in [3.05, 3.63) is 17.0 Å². The van der Waals surface area contributed by atoms with E-state index in [1.54, 1.807) is 6.92 Å². The number of carbonyl (C=O) groups is 1. The van der Waals surface area contributed by atoms with Crippen LogP contribution in [0.4, 0.5) is 0 Å². The van der Waals surface area contributed by atoms with Crippen molar-refractivity contribution in [3.63, 3.8) is 0 Å². The lowest BCUT2D eigenvalue weighted by molar-refractivity contribution is 0.101. The monoisotopic (exact) mass is 176 g/mol. The van der Waals surface area contributed by atoms with Gasteiger partial charge in [-0.1, -0.05) is 6.92 Å². The van der Waals surface area contributed by atoms with E-state index in [-0.39, 0.29) is 5.78 Å². The Bertz CT molecular complexity index is 394. The number of hydrogen-bond donors (Lipinski definition) is 1. The molecule has 2 aliphatic carbocycles. The fraction of sp³-hybridized carbons (Fsp3) is 0.600. The van der Waals surface area contributed by atoms with E-state index in [0.29, 0.717) is 5.92 Å². The Morgan fingerprint density at radius 2 is 2.38 bits per heavy atom. The topological polar surface area (TPSA) is 45.8 Å². The van der Waals surface area contributed by atoms with Crippen LogP contribution < -0.4 is 0 Å². The van der Waals surface area contributed by atoms with Crippen LogP contribution in [-0.4, -0.2) is 16.0 Å². The van der Waals surface area contributed by atoms with Gasteiger partial charge in [0, 0.05) is 18.4 Å². The lowest BCUT2D eigenvalue weighted by Crippen LogP contribution is -1.99. The maximum atomic E-state index is 11.2. The molecule has 1 saturated carbocycles. The van der Waals surface area contributed by atoms with Gasteiger partial charge in [0.05, 0.1) is 5.69 Å². The van der Waals surface area contributed by atoms with Crippen molar-refractivity contribution in [1.82, 2.24) is 10.2 Å². The molecule has 1 heterocycles. The smallest absolute Gasteiger partial charge is 0.177 e. The molecule has 1 aromatic rings. The number of nitrogens with one attached hydrogen (secondary N) is 1. The third kappa shape index (κ3) is 0.747. The van der Waals surface area contributed by atoms with Gasteiger partial charge in [0.25, 0.3) is 0 Å². The average molecular weight is 176 g/mol. The van der Waals surface area contributed by atoms with Gasteiger partial charge in [-0.05, 0) is 18.3 Å². The third-order valence-electron chi connectivity index (χ3n) is 3.57. The highest BCUT2D eigenvalue weighted by atomic mass is 16.1. The number of ketones is 1. The number of aromatic amines is 1. The third-order valence-corrected chi connectivity index (χ3v) is 3.57. The molecule has 3 atom stereocenters. The summed E-state index contributed by atoms with van der Waals surface area (Å²) < 4.78 is 0. The molecular weight excluding hydrogens is 164 g/mol. The molecule has 3 heteroatoms. The van der Waals surface area contributed by atoms with Gasteiger partial charge in [-0.2, -0.15) is 5.10 Å². The Labute approximate surface area is 76.5 Å². The summed E-state index contributed by atoms with van der Waals surface area (Å²) >= 11 is 0. The number of rotatable bonds is 1. The zero-order valence-corrected chi connectivity index (χ0v) is 7.79. The molecule has 0 spiro atoms. The van der Waals surface area contributed by atoms with Gasteiger partial charge in [-0.15, -0.1) is 0 Å². The molecule has 13 heavy (non-hydrogen) atoms. The minimum atomic E-state index is 0.114. The van der Waals surface area contributed by atoms with Gasteiger partial charge in [-0.3, -0.25) is 9.89 Å². The van der Waals surface area contributed by atoms with Crippen LogP contribution in [0.3, 0.4) is 0 Å². The van der Waals surface area contributed by atoms with E-state index in [4.69, 9.17) is 0 Å². The van der Waals surface area contributed by atoms with E-state index in [2.05, 4.69) is 17.1 Å². The summed E-state index contributed by atoms with van der Waals surface area (Å²) in [6.07, 6.45) is 1.06. The predicted octanol–water partition coefficient (Wildman–Crippen LogP) is 1.52. The number of nitrogens with zero attached hydrogens (tertiary/aromatic N) is 1. The molecule has 0 bridgehead atoms. The molecule has 0 saturated heterocycles. The van der Waals surface area contributed by atoms with Crippen LogP contribution in [0.15, 0.2) is 0 Å². The van der Waals surface area contributed by atoms with Crippen LogP contribution >= 0.6 is 0 Å². The number of H-pyrrole nitrogens is 1. The summed E-state index contributed by atoms with van der Waals surface area (Å²) in [6.45, 7) is 3.86. The maximum absolute atomic E-state index is 11.2. The van der Waals surface area contributed by atoms with E-state index in [0.717, 1.165) is 24.0 Å². The van der Waals surface area contributed by atoms with Crippen LogP contribution in [-0.2, 0) is 6.42 Å². The molecule has 0 amide bonds. The fourth-order valence-electron chi connectivity index (χ4n) is 2.70. The first-order valence-electron chi connectivity index (χ1n) is 4.78. The number of hydrogen-bond acceptors (Lipinski definition) is 2. The normalized spacial score (nSPS) is 34.2. The summed E-state index contributed by atoms with van der Waals surface area (Å²) in [7, 11) is 0. The number of fused-ring (bicyclic) bond motifs is 3. The molecule has 0 aromatic carbocycles. The summed E-state index contributed by atoms with van der Waals surface area (Å²) in [5, 5.41) is 7.10. The number of aromatic nitrogens is 2. The van der Waals surface area contributed by atoms with Crippen molar-refractivity contribution in [3.8, 4) is 0 Å². The van der Waals surface area contributed by atoms with Gasteiger partial charge < -0.3 is 0 Å². The van der Waals surface area contributed by atoms with E-state index in [1.807, 2.05) is 0 Å². The Morgan fingerprint density at radius 3 is 3.08 bits per heavy atom. The first kappa shape index (κ1) is 7.30. The fourth-order valence-corrected chi connectivity index (χ4v) is 2.70. The Hall–Kier alpha value is -1.12. The molecule has 3 nitrogen and oxygen atoms in total. The van der Waals surface area contributed by atoms with Gasteiger partial charge in [0.2, 0.25) is 0 Å². The molecule has 0 aliphatic heterocycles. The highest BCUT2D eigenvalue weighted by Crippen LogP contribution is 2.60. The molecule has 2 aliphatic rings. The largest absolute Gasteiger partial charge is 0.293 e. The molecule has 3 unspecified atom stereocenters. The summed E-state index contributed by atoms with van der Waals surface area (Å²) in [4.78, 5) is 11.2. The zero-order chi connectivity index (χ0) is 9.16. The SMILES string of the molecule is CC(=O)c1[nH]nc2c1CC1C(C)C21. The van der Waals surface area contributed by atoms with Gasteiger partial charge >= 0.3 is 0 Å². The lowest BCUT2D eigenvalue weighted by Gasteiger charge is -1.97. The van der Waals surface area contributed by atoms with Crippen LogP contribution in [0.5, 0.6) is 0 Å². The standard InChI is InChI=1S/C10H12N2O/c1-4-6-3-7-9(5(2)13)11-12-10(7)8(4)6/h4,6,8H,3H2,1-2H3,(H,11,12). The van der Waals surface area contributed by atoms with Crippen molar-refractivity contribution in [2.45, 2.75) is 26.2 Å². The van der Waals surface area contributed by atoms with E-state index >= 15 is 0 Å². The van der Waals surface area contributed by atoms with Gasteiger partial charge in [0.15, 0.2) is 5.78 Å². The van der Waals surface area contributed by atoms with Crippen molar-refractivity contribution in [1.29, 1.82) is 0 Å². The van der Waals surface area contributed by atoms with Crippen molar-refractivity contribution < 1.29 is 4.79 Å². The first-order valence-corrected chi connectivity index (χ1v) is 4.78. The Kier molecular flexibility index (Phi) is 1.14. The Morgan fingerprint density at radius 1 is 1.62 bits per heavy atom. The van der Waals surface area contributed by atoms with Crippen molar-refractivity contribution in [2.75, 3.05) is 0 Å². The Balaban J connectivity index is 2.08. The van der Waals surface area contributed by atoms with Crippen LogP contribution in [0, 0.1) is 11.8 Å². The highest BCUT2D eigenvalue weighted by Gasteiger charge is 2.55. The minimum absolute atomic E-state index is 0.114. The van der Waals surface area contributed by atoms with Crippen LogP contribution in [0.1, 0.15) is 41.5 Å². The number of Topliss-reactive ketones (excluding diaryl/α,β-unsaturated/α-hetero) is 1. The molecule has 1 fully saturated rings. The second-order valence-corrected chi connectivity index (χ2v) is 4.27.